The Hall–Kier alpha value is -2.30. The van der Waals surface area contributed by atoms with E-state index < -0.39 is 11.9 Å². The van der Waals surface area contributed by atoms with Crippen molar-refractivity contribution in [3.8, 4) is 0 Å². The molecule has 1 saturated heterocycles. The first-order chi connectivity index (χ1) is 10.6. The van der Waals surface area contributed by atoms with E-state index in [1.54, 1.807) is 4.90 Å². The van der Waals surface area contributed by atoms with Crippen molar-refractivity contribution in [1.82, 2.24) is 9.30 Å². The normalized spacial score (nSPS) is 24.8. The number of amides is 1. The fraction of sp³-hybridized carbons (Fsp3) is 0.412. The Kier molecular flexibility index (Phi) is 2.96. The first kappa shape index (κ1) is 13.4. The molecular weight excluding hydrogens is 280 g/mol. The minimum Gasteiger partial charge on any atom is -0.481 e. The molecular formula is C17H18N2O3. The molecule has 3 heterocycles. The molecule has 1 saturated carbocycles. The predicted octanol–water partition coefficient (Wildman–Crippen LogP) is 2.12. The highest BCUT2D eigenvalue weighted by Gasteiger charge is 2.46. The Bertz CT molecular complexity index is 714. The van der Waals surface area contributed by atoms with Gasteiger partial charge in [-0.15, -0.1) is 0 Å². The van der Waals surface area contributed by atoms with Crippen molar-refractivity contribution in [3.05, 3.63) is 42.2 Å². The van der Waals surface area contributed by atoms with Gasteiger partial charge in [0, 0.05) is 31.0 Å². The Balaban J connectivity index is 1.58. The summed E-state index contributed by atoms with van der Waals surface area (Å²) in [7, 11) is 0. The quantitative estimate of drug-likeness (QED) is 0.944. The van der Waals surface area contributed by atoms with Gasteiger partial charge in [0.25, 0.3) is 5.91 Å². The van der Waals surface area contributed by atoms with Gasteiger partial charge in [-0.2, -0.15) is 0 Å². The van der Waals surface area contributed by atoms with Crippen molar-refractivity contribution in [2.75, 3.05) is 13.1 Å². The number of carboxylic acid groups (broad SMARTS) is 1. The van der Waals surface area contributed by atoms with Gasteiger partial charge in [0.05, 0.1) is 11.5 Å². The molecule has 0 aromatic carbocycles. The maximum absolute atomic E-state index is 12.7. The topological polar surface area (TPSA) is 62.0 Å². The zero-order valence-electron chi connectivity index (χ0n) is 12.2. The van der Waals surface area contributed by atoms with E-state index in [2.05, 4.69) is 0 Å². The first-order valence-corrected chi connectivity index (χ1v) is 7.72. The zero-order chi connectivity index (χ0) is 15.3. The van der Waals surface area contributed by atoms with Crippen molar-refractivity contribution in [2.45, 2.75) is 12.8 Å². The van der Waals surface area contributed by atoms with E-state index >= 15 is 0 Å². The molecule has 22 heavy (non-hydrogen) atoms. The third kappa shape index (κ3) is 2.17. The average molecular weight is 298 g/mol. The van der Waals surface area contributed by atoms with Crippen LogP contribution in [-0.2, 0) is 4.79 Å². The third-order valence-electron chi connectivity index (χ3n) is 4.95. The number of pyridine rings is 1. The molecule has 2 atom stereocenters. The van der Waals surface area contributed by atoms with Crippen molar-refractivity contribution >= 4 is 17.4 Å². The lowest BCUT2D eigenvalue weighted by atomic mass is 9.92. The summed E-state index contributed by atoms with van der Waals surface area (Å²) in [4.78, 5) is 25.9. The lowest BCUT2D eigenvalue weighted by Crippen LogP contribution is -2.29. The Morgan fingerprint density at radius 1 is 1.18 bits per heavy atom. The second kappa shape index (κ2) is 4.87. The summed E-state index contributed by atoms with van der Waals surface area (Å²) in [6.07, 6.45) is 5.93. The van der Waals surface area contributed by atoms with Crippen LogP contribution in [0.4, 0.5) is 0 Å². The van der Waals surface area contributed by atoms with Crippen LogP contribution in [0.25, 0.3) is 5.52 Å². The fourth-order valence-electron chi connectivity index (χ4n) is 3.61. The van der Waals surface area contributed by atoms with E-state index in [0.717, 1.165) is 18.4 Å². The molecule has 0 bridgehead atoms. The number of rotatable bonds is 3. The number of nitrogens with zero attached hydrogens (tertiary/aromatic N) is 2. The summed E-state index contributed by atoms with van der Waals surface area (Å²) in [5.74, 6) is -0.619. The van der Waals surface area contributed by atoms with Crippen molar-refractivity contribution in [3.63, 3.8) is 0 Å². The summed E-state index contributed by atoms with van der Waals surface area (Å²) in [5.41, 5.74) is 1.60. The molecule has 2 fully saturated rings. The molecule has 5 heteroatoms. The van der Waals surface area contributed by atoms with Gasteiger partial charge in [-0.25, -0.2) is 0 Å². The molecule has 4 rings (SSSR count). The molecule has 1 aliphatic carbocycles. The number of likely N-dealkylation sites (tertiary alicyclic amines) is 1. The lowest BCUT2D eigenvalue weighted by Gasteiger charge is -2.15. The van der Waals surface area contributed by atoms with Gasteiger partial charge in [0.15, 0.2) is 0 Å². The number of hydrogen-bond acceptors (Lipinski definition) is 2. The van der Waals surface area contributed by atoms with Crippen LogP contribution in [0, 0.1) is 17.8 Å². The number of hydrogen-bond donors (Lipinski definition) is 1. The molecule has 1 aliphatic heterocycles. The second-order valence-corrected chi connectivity index (χ2v) is 6.42. The number of carbonyl (C=O) groups excluding carboxylic acids is 1. The van der Waals surface area contributed by atoms with Crippen LogP contribution < -0.4 is 0 Å². The molecule has 1 amide bonds. The van der Waals surface area contributed by atoms with E-state index in [1.807, 2.05) is 41.1 Å². The first-order valence-electron chi connectivity index (χ1n) is 7.72. The summed E-state index contributed by atoms with van der Waals surface area (Å²) in [6, 6.07) is 7.67. The smallest absolute Gasteiger partial charge is 0.308 e. The molecule has 0 spiro atoms. The van der Waals surface area contributed by atoms with E-state index in [-0.39, 0.29) is 11.8 Å². The highest BCUT2D eigenvalue weighted by molar-refractivity contribution is 5.96. The second-order valence-electron chi connectivity index (χ2n) is 6.42. The highest BCUT2D eigenvalue weighted by Crippen LogP contribution is 2.44. The van der Waals surface area contributed by atoms with Crippen LogP contribution in [0.3, 0.4) is 0 Å². The summed E-state index contributed by atoms with van der Waals surface area (Å²) in [6.45, 7) is 0.911. The monoisotopic (exact) mass is 298 g/mol. The Labute approximate surface area is 128 Å². The molecule has 2 aliphatic rings. The molecule has 1 N–H and O–H groups in total. The highest BCUT2D eigenvalue weighted by atomic mass is 16.4. The van der Waals surface area contributed by atoms with Gasteiger partial charge in [-0.1, -0.05) is 6.07 Å². The molecule has 5 nitrogen and oxygen atoms in total. The third-order valence-corrected chi connectivity index (χ3v) is 4.95. The Morgan fingerprint density at radius 2 is 2.00 bits per heavy atom. The van der Waals surface area contributed by atoms with Crippen molar-refractivity contribution < 1.29 is 14.7 Å². The van der Waals surface area contributed by atoms with E-state index in [0.29, 0.717) is 24.6 Å². The van der Waals surface area contributed by atoms with Crippen LogP contribution in [-0.4, -0.2) is 39.4 Å². The maximum atomic E-state index is 12.7. The van der Waals surface area contributed by atoms with Crippen molar-refractivity contribution in [1.29, 1.82) is 0 Å². The van der Waals surface area contributed by atoms with E-state index in [9.17, 15) is 14.7 Å². The summed E-state index contributed by atoms with van der Waals surface area (Å²) < 4.78 is 1.91. The minimum absolute atomic E-state index is 0.0573. The molecule has 2 aromatic heterocycles. The van der Waals surface area contributed by atoms with Gasteiger partial charge in [0.2, 0.25) is 0 Å². The molecule has 0 unspecified atom stereocenters. The lowest BCUT2D eigenvalue weighted by molar-refractivity contribution is -0.142. The Morgan fingerprint density at radius 3 is 2.68 bits per heavy atom. The number of aliphatic carboxylic acids is 1. The van der Waals surface area contributed by atoms with Gasteiger partial charge in [-0.3, -0.25) is 9.59 Å². The molecule has 2 aromatic rings. The van der Waals surface area contributed by atoms with Gasteiger partial charge >= 0.3 is 5.97 Å². The van der Waals surface area contributed by atoms with E-state index in [4.69, 9.17) is 0 Å². The average Bonchev–Trinajstić information content (AvgIpc) is 3.11. The largest absolute Gasteiger partial charge is 0.481 e. The molecule has 114 valence electrons. The van der Waals surface area contributed by atoms with Gasteiger partial charge in [0.1, 0.15) is 0 Å². The standard InChI is InChI=1S/C17H18N2O3/c20-16(12-7-13-3-1-2-6-18(13)8-12)19-9-14(11-4-5-11)15(10-19)17(21)22/h1-3,6-8,11,14-15H,4-5,9-10H2,(H,21,22)/t14-,15+/m1/s1. The van der Waals surface area contributed by atoms with Gasteiger partial charge < -0.3 is 14.4 Å². The van der Waals surface area contributed by atoms with Crippen molar-refractivity contribution in [2.24, 2.45) is 17.8 Å². The minimum atomic E-state index is -0.769. The maximum Gasteiger partial charge on any atom is 0.308 e. The number of carbonyl (C=O) groups is 2. The number of aromatic nitrogens is 1. The molecule has 0 radical (unpaired) electrons. The van der Waals surface area contributed by atoms with Crippen LogP contribution in [0.1, 0.15) is 23.2 Å². The fourth-order valence-corrected chi connectivity index (χ4v) is 3.61. The summed E-state index contributed by atoms with van der Waals surface area (Å²) in [5, 5.41) is 9.40. The number of fused-ring (bicyclic) bond motifs is 1. The van der Waals surface area contributed by atoms with Crippen LogP contribution in [0.15, 0.2) is 36.7 Å². The van der Waals surface area contributed by atoms with Crippen LogP contribution in [0.5, 0.6) is 0 Å². The number of carboxylic acids is 1. The predicted molar refractivity (Wildman–Crippen MR) is 80.6 cm³/mol. The van der Waals surface area contributed by atoms with Crippen LogP contribution in [0.2, 0.25) is 0 Å². The SMILES string of the molecule is O=C(O)[C@H]1CN(C(=O)c2cc3ccccn3c2)C[C@@H]1C1CC1. The zero-order valence-corrected chi connectivity index (χ0v) is 12.2. The van der Waals surface area contributed by atoms with E-state index in [1.165, 1.54) is 0 Å². The van der Waals surface area contributed by atoms with Crippen LogP contribution >= 0.6 is 0 Å². The van der Waals surface area contributed by atoms with Gasteiger partial charge in [-0.05, 0) is 42.9 Å². The summed E-state index contributed by atoms with van der Waals surface area (Å²) >= 11 is 0.